The maximum absolute atomic E-state index is 9.63. The lowest BCUT2D eigenvalue weighted by Gasteiger charge is -2.25. The number of hydrogen-bond donors (Lipinski definition) is 1. The molecule has 0 fully saturated rings. The molecule has 2 nitrogen and oxygen atoms in total. The Kier molecular flexibility index (Phi) is 3.78. The van der Waals surface area contributed by atoms with Crippen molar-refractivity contribution in [1.29, 1.82) is 0 Å². The predicted molar refractivity (Wildman–Crippen MR) is 60.9 cm³/mol. The van der Waals surface area contributed by atoms with Crippen LogP contribution in [0.5, 0.6) is 0 Å². The fourth-order valence-electron chi connectivity index (χ4n) is 1.29. The van der Waals surface area contributed by atoms with Gasteiger partial charge in [-0.25, -0.2) is 0 Å². The third-order valence-electron chi connectivity index (χ3n) is 2.36. The first-order valence-corrected chi connectivity index (χ1v) is 5.11. The van der Waals surface area contributed by atoms with Gasteiger partial charge in [0.05, 0.1) is 0 Å². The fourth-order valence-corrected chi connectivity index (χ4v) is 1.41. The smallest absolute Gasteiger partial charge is 0.126 e. The Labute approximate surface area is 90.1 Å². The summed E-state index contributed by atoms with van der Waals surface area (Å²) in [6.45, 7) is 3.90. The van der Waals surface area contributed by atoms with E-state index < -0.39 is 6.23 Å². The Morgan fingerprint density at radius 1 is 1.50 bits per heavy atom. The predicted octanol–water partition coefficient (Wildman–Crippen LogP) is 2.81. The lowest BCUT2D eigenvalue weighted by molar-refractivity contribution is 0.170. The van der Waals surface area contributed by atoms with Gasteiger partial charge >= 0.3 is 0 Å². The first kappa shape index (κ1) is 11.3. The molecule has 0 amide bonds. The highest BCUT2D eigenvalue weighted by Crippen LogP contribution is 2.22. The summed E-state index contributed by atoms with van der Waals surface area (Å²) in [4.78, 5) is 1.84. The van der Waals surface area contributed by atoms with Gasteiger partial charge in [-0.1, -0.05) is 18.5 Å². The van der Waals surface area contributed by atoms with Gasteiger partial charge in [0.25, 0.3) is 0 Å². The molecule has 3 heteroatoms. The Morgan fingerprint density at radius 3 is 2.64 bits per heavy atom. The average Bonchev–Trinajstić information content (AvgIpc) is 2.20. The van der Waals surface area contributed by atoms with Gasteiger partial charge in [-0.15, -0.1) is 0 Å². The van der Waals surface area contributed by atoms with Crippen molar-refractivity contribution in [3.63, 3.8) is 0 Å². The van der Waals surface area contributed by atoms with Crippen molar-refractivity contribution >= 4 is 17.3 Å². The Hall–Kier alpha value is -0.730. The molecule has 0 heterocycles. The normalized spacial score (nSPS) is 12.6. The van der Waals surface area contributed by atoms with E-state index >= 15 is 0 Å². The zero-order valence-corrected chi connectivity index (χ0v) is 9.54. The molecule has 1 atom stereocenters. The van der Waals surface area contributed by atoms with Crippen LogP contribution >= 0.6 is 11.6 Å². The summed E-state index contributed by atoms with van der Waals surface area (Å²) < 4.78 is 0. The van der Waals surface area contributed by atoms with Gasteiger partial charge in [-0.05, 0) is 37.1 Å². The van der Waals surface area contributed by atoms with Gasteiger partial charge < -0.3 is 10.0 Å². The van der Waals surface area contributed by atoms with Gasteiger partial charge in [-0.2, -0.15) is 0 Å². The van der Waals surface area contributed by atoms with E-state index in [4.69, 9.17) is 11.6 Å². The highest BCUT2D eigenvalue weighted by molar-refractivity contribution is 6.31. The summed E-state index contributed by atoms with van der Waals surface area (Å²) in [7, 11) is 1.87. The van der Waals surface area contributed by atoms with E-state index in [0.29, 0.717) is 6.42 Å². The molecule has 0 aliphatic rings. The number of rotatable bonds is 3. The number of anilines is 1. The molecule has 1 N–H and O–H groups in total. The maximum atomic E-state index is 9.63. The number of nitrogens with zero attached hydrogens (tertiary/aromatic N) is 1. The topological polar surface area (TPSA) is 23.5 Å². The standard InChI is InChI=1S/C11H16ClNO/c1-4-11(14)13(3)9-5-6-10(12)8(2)7-9/h5-7,11,14H,4H2,1-3H3. The lowest BCUT2D eigenvalue weighted by atomic mass is 10.2. The fraction of sp³-hybridized carbons (Fsp3) is 0.455. The number of hydrogen-bond acceptors (Lipinski definition) is 2. The minimum atomic E-state index is -0.435. The molecule has 0 spiro atoms. The van der Waals surface area contributed by atoms with E-state index in [9.17, 15) is 5.11 Å². The molecule has 14 heavy (non-hydrogen) atoms. The van der Waals surface area contributed by atoms with E-state index in [2.05, 4.69) is 0 Å². The molecular formula is C11H16ClNO. The first-order valence-electron chi connectivity index (χ1n) is 4.73. The lowest BCUT2D eigenvalue weighted by Crippen LogP contribution is -2.30. The quantitative estimate of drug-likeness (QED) is 0.781. The van der Waals surface area contributed by atoms with Crippen molar-refractivity contribution in [2.75, 3.05) is 11.9 Å². The van der Waals surface area contributed by atoms with Crippen LogP contribution in [0.2, 0.25) is 5.02 Å². The minimum absolute atomic E-state index is 0.435. The summed E-state index contributed by atoms with van der Waals surface area (Å²) in [5.41, 5.74) is 2.01. The highest BCUT2D eigenvalue weighted by Gasteiger charge is 2.09. The number of aliphatic hydroxyl groups is 1. The third kappa shape index (κ3) is 2.40. The van der Waals surface area contributed by atoms with Crippen molar-refractivity contribution in [2.45, 2.75) is 26.5 Å². The molecular weight excluding hydrogens is 198 g/mol. The molecule has 1 rings (SSSR count). The molecule has 1 aromatic carbocycles. The molecule has 0 radical (unpaired) electrons. The van der Waals surface area contributed by atoms with E-state index in [-0.39, 0.29) is 0 Å². The van der Waals surface area contributed by atoms with Crippen LogP contribution < -0.4 is 4.90 Å². The first-order chi connectivity index (χ1) is 6.56. The molecule has 1 aromatic rings. The van der Waals surface area contributed by atoms with E-state index in [1.807, 2.05) is 44.0 Å². The molecule has 0 saturated heterocycles. The summed E-state index contributed by atoms with van der Waals surface area (Å²) in [6, 6.07) is 5.74. The third-order valence-corrected chi connectivity index (χ3v) is 2.79. The van der Waals surface area contributed by atoms with Gasteiger partial charge in [0.15, 0.2) is 0 Å². The van der Waals surface area contributed by atoms with E-state index in [0.717, 1.165) is 16.3 Å². The SMILES string of the molecule is CCC(O)N(C)c1ccc(Cl)c(C)c1. The molecule has 0 aliphatic carbocycles. The molecule has 0 saturated carbocycles. The average molecular weight is 214 g/mol. The maximum Gasteiger partial charge on any atom is 0.126 e. The van der Waals surface area contributed by atoms with Crippen molar-refractivity contribution < 1.29 is 5.11 Å². The Bertz CT molecular complexity index is 314. The largest absolute Gasteiger partial charge is 0.374 e. The molecule has 0 bridgehead atoms. The van der Waals surface area contributed by atoms with Crippen LogP contribution in [-0.4, -0.2) is 18.4 Å². The van der Waals surface area contributed by atoms with E-state index in [1.165, 1.54) is 0 Å². The van der Waals surface area contributed by atoms with Crippen LogP contribution in [0.15, 0.2) is 18.2 Å². The number of benzene rings is 1. The summed E-state index contributed by atoms with van der Waals surface area (Å²) in [5, 5.41) is 10.4. The van der Waals surface area contributed by atoms with E-state index in [1.54, 1.807) is 0 Å². The summed E-state index contributed by atoms with van der Waals surface area (Å²) in [5.74, 6) is 0. The van der Waals surface area contributed by atoms with Gasteiger partial charge in [0.1, 0.15) is 6.23 Å². The monoisotopic (exact) mass is 213 g/mol. The van der Waals surface area contributed by atoms with Crippen LogP contribution in [0, 0.1) is 6.92 Å². The highest BCUT2D eigenvalue weighted by atomic mass is 35.5. The van der Waals surface area contributed by atoms with Crippen molar-refractivity contribution in [1.82, 2.24) is 0 Å². The summed E-state index contributed by atoms with van der Waals surface area (Å²) >= 11 is 5.92. The second-order valence-electron chi connectivity index (χ2n) is 3.43. The van der Waals surface area contributed by atoms with Crippen molar-refractivity contribution in [3.8, 4) is 0 Å². The van der Waals surface area contributed by atoms with Crippen LogP contribution in [0.1, 0.15) is 18.9 Å². The number of aliphatic hydroxyl groups excluding tert-OH is 1. The number of halogens is 1. The van der Waals surface area contributed by atoms with Crippen LogP contribution in [0.25, 0.3) is 0 Å². The van der Waals surface area contributed by atoms with Crippen LogP contribution in [0.3, 0.4) is 0 Å². The van der Waals surface area contributed by atoms with Gasteiger partial charge in [0, 0.05) is 17.8 Å². The van der Waals surface area contributed by atoms with Gasteiger partial charge in [0.2, 0.25) is 0 Å². The zero-order chi connectivity index (χ0) is 10.7. The Balaban J connectivity index is 2.91. The van der Waals surface area contributed by atoms with Crippen LogP contribution in [-0.2, 0) is 0 Å². The molecule has 0 aliphatic heterocycles. The molecule has 1 unspecified atom stereocenters. The second kappa shape index (κ2) is 4.67. The Morgan fingerprint density at radius 2 is 2.14 bits per heavy atom. The van der Waals surface area contributed by atoms with Crippen LogP contribution in [0.4, 0.5) is 5.69 Å². The number of aryl methyl sites for hydroxylation is 1. The van der Waals surface area contributed by atoms with Gasteiger partial charge in [-0.3, -0.25) is 0 Å². The molecule has 0 aromatic heterocycles. The minimum Gasteiger partial charge on any atom is -0.374 e. The summed E-state index contributed by atoms with van der Waals surface area (Å²) in [6.07, 6.45) is 0.272. The molecule has 78 valence electrons. The zero-order valence-electron chi connectivity index (χ0n) is 8.79. The second-order valence-corrected chi connectivity index (χ2v) is 3.84. The van der Waals surface area contributed by atoms with Crippen molar-refractivity contribution in [2.24, 2.45) is 0 Å². The van der Waals surface area contributed by atoms with Crippen molar-refractivity contribution in [3.05, 3.63) is 28.8 Å².